The van der Waals surface area contributed by atoms with Gasteiger partial charge in [-0.3, -0.25) is 0 Å². The number of nitrogens with one attached hydrogen (secondary N) is 2. The van der Waals surface area contributed by atoms with Crippen molar-refractivity contribution in [1.29, 1.82) is 0 Å². The van der Waals surface area contributed by atoms with Crippen LogP contribution >= 0.6 is 0 Å². The average molecular weight is 216 g/mol. The summed E-state index contributed by atoms with van der Waals surface area (Å²) in [6, 6.07) is 0.491. The Bertz CT molecular complexity index is 188. The summed E-state index contributed by atoms with van der Waals surface area (Å²) in [5, 5.41) is 5.98. The second-order valence-electron chi connectivity index (χ2n) is 4.69. The predicted molar refractivity (Wildman–Crippen MR) is 62.0 cm³/mol. The number of amides is 1. The van der Waals surface area contributed by atoms with E-state index in [-0.39, 0.29) is 6.09 Å². The molecule has 1 amide bonds. The zero-order valence-corrected chi connectivity index (χ0v) is 10.5. The molecule has 0 aromatic rings. The van der Waals surface area contributed by atoms with Crippen molar-refractivity contribution in [3.63, 3.8) is 0 Å². The van der Waals surface area contributed by atoms with Gasteiger partial charge in [0, 0.05) is 19.1 Å². The summed E-state index contributed by atoms with van der Waals surface area (Å²) in [5.74, 6) is 0. The minimum Gasteiger partial charge on any atom is -0.444 e. The van der Waals surface area contributed by atoms with Gasteiger partial charge in [-0.05, 0) is 34.1 Å². The molecule has 4 nitrogen and oxygen atoms in total. The monoisotopic (exact) mass is 216 g/mol. The van der Waals surface area contributed by atoms with Gasteiger partial charge in [-0.2, -0.15) is 0 Å². The first-order chi connectivity index (χ1) is 6.85. The minimum atomic E-state index is -0.422. The third-order valence-corrected chi connectivity index (χ3v) is 1.90. The van der Waals surface area contributed by atoms with E-state index in [4.69, 9.17) is 4.74 Å². The molecule has 90 valence electrons. The second kappa shape index (κ2) is 6.67. The number of alkyl carbamates (subject to hydrolysis) is 1. The first-order valence-corrected chi connectivity index (χ1v) is 5.55. The van der Waals surface area contributed by atoms with Crippen molar-refractivity contribution < 1.29 is 9.53 Å². The van der Waals surface area contributed by atoms with Crippen LogP contribution in [0.5, 0.6) is 0 Å². The molecule has 1 unspecified atom stereocenters. The highest BCUT2D eigenvalue weighted by Gasteiger charge is 2.15. The Labute approximate surface area is 92.8 Å². The zero-order valence-electron chi connectivity index (χ0n) is 10.5. The van der Waals surface area contributed by atoms with E-state index in [1.165, 1.54) is 0 Å². The number of carbonyl (C=O) groups excluding carboxylic acids is 1. The Hall–Kier alpha value is -0.770. The van der Waals surface area contributed by atoms with Crippen molar-refractivity contribution in [2.75, 3.05) is 13.1 Å². The standard InChI is InChI=1S/C11H24N2O2/c1-6-9(2)12-7-8-13-10(14)15-11(3,4)5/h9,12H,6-8H2,1-5H3,(H,13,14). The molecule has 0 bridgehead atoms. The molecule has 0 aromatic heterocycles. The molecule has 0 spiro atoms. The van der Waals surface area contributed by atoms with Crippen molar-refractivity contribution in [1.82, 2.24) is 10.6 Å². The summed E-state index contributed by atoms with van der Waals surface area (Å²) in [5.41, 5.74) is -0.422. The van der Waals surface area contributed by atoms with Crippen LogP contribution in [0, 0.1) is 0 Å². The molecule has 0 fully saturated rings. The molecule has 0 rings (SSSR count). The Morgan fingerprint density at radius 2 is 1.93 bits per heavy atom. The van der Waals surface area contributed by atoms with Gasteiger partial charge in [-0.25, -0.2) is 4.79 Å². The van der Waals surface area contributed by atoms with Crippen molar-refractivity contribution in [3.05, 3.63) is 0 Å². The fraction of sp³-hybridized carbons (Fsp3) is 0.909. The highest BCUT2D eigenvalue weighted by atomic mass is 16.6. The van der Waals surface area contributed by atoms with E-state index < -0.39 is 5.60 Å². The molecule has 0 aliphatic carbocycles. The fourth-order valence-electron chi connectivity index (χ4n) is 0.942. The molecule has 0 saturated heterocycles. The van der Waals surface area contributed by atoms with Crippen molar-refractivity contribution in [3.8, 4) is 0 Å². The first kappa shape index (κ1) is 14.2. The fourth-order valence-corrected chi connectivity index (χ4v) is 0.942. The maximum Gasteiger partial charge on any atom is 0.407 e. The molecule has 2 N–H and O–H groups in total. The molecule has 0 aromatic carbocycles. The molecule has 1 atom stereocenters. The van der Waals surface area contributed by atoms with E-state index in [2.05, 4.69) is 24.5 Å². The molecule has 0 radical (unpaired) electrons. The van der Waals surface area contributed by atoms with Gasteiger partial charge in [0.1, 0.15) is 5.60 Å². The first-order valence-electron chi connectivity index (χ1n) is 5.55. The molecule has 15 heavy (non-hydrogen) atoms. The summed E-state index contributed by atoms with van der Waals surface area (Å²) in [6.07, 6.45) is 0.736. The van der Waals surface area contributed by atoms with E-state index in [0.29, 0.717) is 12.6 Å². The number of hydrogen-bond donors (Lipinski definition) is 2. The normalized spacial score (nSPS) is 13.4. The van der Waals surface area contributed by atoms with Crippen LogP contribution in [0.1, 0.15) is 41.0 Å². The average Bonchev–Trinajstić information content (AvgIpc) is 2.09. The molecular weight excluding hydrogens is 192 g/mol. The zero-order chi connectivity index (χ0) is 11.9. The lowest BCUT2D eigenvalue weighted by Crippen LogP contribution is -2.38. The topological polar surface area (TPSA) is 50.4 Å². The van der Waals surface area contributed by atoms with Gasteiger partial charge in [0.15, 0.2) is 0 Å². The van der Waals surface area contributed by atoms with Gasteiger partial charge in [0.25, 0.3) is 0 Å². The smallest absolute Gasteiger partial charge is 0.407 e. The third kappa shape index (κ3) is 9.53. The highest BCUT2D eigenvalue weighted by Crippen LogP contribution is 2.05. The van der Waals surface area contributed by atoms with E-state index >= 15 is 0 Å². The molecule has 0 aliphatic heterocycles. The SMILES string of the molecule is CCC(C)NCCNC(=O)OC(C)(C)C. The summed E-state index contributed by atoms with van der Waals surface area (Å²) in [7, 11) is 0. The van der Waals surface area contributed by atoms with Crippen LogP contribution in [-0.4, -0.2) is 30.8 Å². The molecular formula is C11H24N2O2. The van der Waals surface area contributed by atoms with E-state index in [9.17, 15) is 4.79 Å². The lowest BCUT2D eigenvalue weighted by atomic mass is 10.2. The van der Waals surface area contributed by atoms with Gasteiger partial charge >= 0.3 is 6.09 Å². The Morgan fingerprint density at radius 1 is 1.33 bits per heavy atom. The lowest BCUT2D eigenvalue weighted by Gasteiger charge is -2.20. The van der Waals surface area contributed by atoms with Gasteiger partial charge in [-0.1, -0.05) is 6.92 Å². The van der Waals surface area contributed by atoms with Crippen LogP contribution in [0.3, 0.4) is 0 Å². The maximum atomic E-state index is 11.2. The Morgan fingerprint density at radius 3 is 2.40 bits per heavy atom. The van der Waals surface area contributed by atoms with Crippen molar-refractivity contribution >= 4 is 6.09 Å². The number of rotatable bonds is 5. The quantitative estimate of drug-likeness (QED) is 0.690. The van der Waals surface area contributed by atoms with Crippen LogP contribution in [0.2, 0.25) is 0 Å². The Balaban J connectivity index is 3.48. The molecule has 0 saturated carbocycles. The summed E-state index contributed by atoms with van der Waals surface area (Å²) in [6.45, 7) is 11.2. The third-order valence-electron chi connectivity index (χ3n) is 1.90. The van der Waals surface area contributed by atoms with Gasteiger partial charge < -0.3 is 15.4 Å². The van der Waals surface area contributed by atoms with Crippen molar-refractivity contribution in [2.45, 2.75) is 52.7 Å². The number of ether oxygens (including phenoxy) is 1. The van der Waals surface area contributed by atoms with Gasteiger partial charge in [0.05, 0.1) is 0 Å². The number of hydrogen-bond acceptors (Lipinski definition) is 3. The van der Waals surface area contributed by atoms with Crippen molar-refractivity contribution in [2.24, 2.45) is 0 Å². The van der Waals surface area contributed by atoms with Crippen LogP contribution in [0.25, 0.3) is 0 Å². The van der Waals surface area contributed by atoms with E-state index in [1.54, 1.807) is 0 Å². The summed E-state index contributed by atoms with van der Waals surface area (Å²) < 4.78 is 5.09. The highest BCUT2D eigenvalue weighted by molar-refractivity contribution is 5.67. The Kier molecular flexibility index (Phi) is 6.32. The van der Waals surface area contributed by atoms with Crippen LogP contribution in [0.15, 0.2) is 0 Å². The number of carbonyl (C=O) groups is 1. The summed E-state index contributed by atoms with van der Waals surface area (Å²) >= 11 is 0. The second-order valence-corrected chi connectivity index (χ2v) is 4.69. The molecule has 0 heterocycles. The predicted octanol–water partition coefficient (Wildman–Crippen LogP) is 1.90. The van der Waals surface area contributed by atoms with E-state index in [0.717, 1.165) is 13.0 Å². The van der Waals surface area contributed by atoms with Crippen LogP contribution < -0.4 is 10.6 Å². The van der Waals surface area contributed by atoms with E-state index in [1.807, 2.05) is 20.8 Å². The van der Waals surface area contributed by atoms with Crippen LogP contribution in [0.4, 0.5) is 4.79 Å². The van der Waals surface area contributed by atoms with Gasteiger partial charge in [0.2, 0.25) is 0 Å². The maximum absolute atomic E-state index is 11.2. The van der Waals surface area contributed by atoms with Crippen LogP contribution in [-0.2, 0) is 4.74 Å². The largest absolute Gasteiger partial charge is 0.444 e. The minimum absolute atomic E-state index is 0.353. The van der Waals surface area contributed by atoms with Gasteiger partial charge in [-0.15, -0.1) is 0 Å². The molecule has 0 aliphatic rings. The summed E-state index contributed by atoms with van der Waals surface area (Å²) in [4.78, 5) is 11.2. The molecule has 4 heteroatoms. The lowest BCUT2D eigenvalue weighted by molar-refractivity contribution is 0.0528.